The van der Waals surface area contributed by atoms with Crippen LogP contribution in [0.15, 0.2) is 0 Å². The minimum absolute atomic E-state index is 0.149. The molecule has 0 spiro atoms. The third-order valence-electron chi connectivity index (χ3n) is 3.55. The average Bonchev–Trinajstić information content (AvgIpc) is 3.05. The Hall–Kier alpha value is -0.210. The Balaban J connectivity index is 1.85. The molecule has 2 rings (SSSR count). The molecule has 0 aromatic carbocycles. The van der Waals surface area contributed by atoms with E-state index < -0.39 is 10.0 Å². The fourth-order valence-corrected chi connectivity index (χ4v) is 3.58. The van der Waals surface area contributed by atoms with Crippen LogP contribution >= 0.6 is 0 Å². The topological polar surface area (TPSA) is 67.9 Å². The van der Waals surface area contributed by atoms with Gasteiger partial charge in [-0.3, -0.25) is 0 Å². The first kappa shape index (κ1) is 14.2. The molecular weight excluding hydrogens is 256 g/mol. The molecule has 0 aromatic heterocycles. The maximum atomic E-state index is 12.1. The van der Waals surface area contributed by atoms with Gasteiger partial charge in [0.2, 0.25) is 10.0 Å². The highest BCUT2D eigenvalue weighted by atomic mass is 32.2. The van der Waals surface area contributed by atoms with Crippen LogP contribution in [-0.4, -0.2) is 70.6 Å². The summed E-state index contributed by atoms with van der Waals surface area (Å²) in [5.74, 6) is 0.149. The number of rotatable bonds is 7. The van der Waals surface area contributed by atoms with Gasteiger partial charge in [-0.2, -0.15) is 4.31 Å². The van der Waals surface area contributed by atoms with E-state index in [0.29, 0.717) is 25.7 Å². The lowest BCUT2D eigenvalue weighted by Gasteiger charge is -2.15. The van der Waals surface area contributed by atoms with Crippen LogP contribution in [0.2, 0.25) is 0 Å². The molecule has 0 radical (unpaired) electrons. The fraction of sp³-hybridized carbons (Fsp3) is 1.00. The van der Waals surface area contributed by atoms with Crippen LogP contribution in [0, 0.1) is 0 Å². The van der Waals surface area contributed by atoms with Crippen LogP contribution in [-0.2, 0) is 19.5 Å². The molecule has 1 aliphatic carbocycles. The summed E-state index contributed by atoms with van der Waals surface area (Å²) in [6.45, 7) is 1.31. The van der Waals surface area contributed by atoms with Crippen molar-refractivity contribution < 1.29 is 17.9 Å². The van der Waals surface area contributed by atoms with Gasteiger partial charge in [-0.25, -0.2) is 8.42 Å². The summed E-state index contributed by atoms with van der Waals surface area (Å²) in [6, 6.07) is 0.539. The third kappa shape index (κ3) is 3.42. The van der Waals surface area contributed by atoms with E-state index in [1.807, 2.05) is 0 Å². The molecule has 0 aromatic rings. The van der Waals surface area contributed by atoms with E-state index in [1.165, 1.54) is 17.1 Å². The van der Waals surface area contributed by atoms with Gasteiger partial charge in [0.1, 0.15) is 0 Å². The second-order valence-electron chi connectivity index (χ2n) is 4.91. The van der Waals surface area contributed by atoms with Crippen molar-refractivity contribution in [3.8, 4) is 0 Å². The largest absolute Gasteiger partial charge is 0.377 e. The van der Waals surface area contributed by atoms with E-state index in [2.05, 4.69) is 5.32 Å². The Morgan fingerprint density at radius 2 is 1.72 bits per heavy atom. The zero-order valence-corrected chi connectivity index (χ0v) is 11.8. The Morgan fingerprint density at radius 1 is 1.17 bits per heavy atom. The fourth-order valence-electron chi connectivity index (χ4n) is 2.20. The van der Waals surface area contributed by atoms with E-state index in [-0.39, 0.29) is 18.0 Å². The predicted octanol–water partition coefficient (Wildman–Crippen LogP) is -0.586. The highest BCUT2D eigenvalue weighted by molar-refractivity contribution is 7.89. The van der Waals surface area contributed by atoms with E-state index in [4.69, 9.17) is 9.47 Å². The Bertz CT molecular complexity index is 357. The molecular formula is C11H22N2O4S. The standard InChI is InChI=1S/C11H22N2O4S/c1-16-10-7-13(8-11(10)17-2)18(14,15)6-5-12-9-3-4-9/h9-12H,3-8H2,1-2H3. The van der Waals surface area contributed by atoms with Crippen molar-refractivity contribution >= 4 is 10.0 Å². The lowest BCUT2D eigenvalue weighted by Crippen LogP contribution is -2.36. The molecule has 1 saturated heterocycles. The highest BCUT2D eigenvalue weighted by Gasteiger charge is 2.38. The molecule has 2 unspecified atom stereocenters. The molecule has 6 nitrogen and oxygen atoms in total. The molecule has 2 fully saturated rings. The molecule has 0 amide bonds. The molecule has 1 aliphatic heterocycles. The maximum absolute atomic E-state index is 12.1. The van der Waals surface area contributed by atoms with E-state index in [9.17, 15) is 8.42 Å². The van der Waals surface area contributed by atoms with Gasteiger partial charge in [0.25, 0.3) is 0 Å². The first-order valence-corrected chi connectivity index (χ1v) is 7.94. The van der Waals surface area contributed by atoms with Gasteiger partial charge in [0, 0.05) is 39.9 Å². The minimum atomic E-state index is -3.20. The zero-order valence-electron chi connectivity index (χ0n) is 11.0. The summed E-state index contributed by atoms with van der Waals surface area (Å²) >= 11 is 0. The van der Waals surface area contributed by atoms with Gasteiger partial charge in [-0.1, -0.05) is 0 Å². The van der Waals surface area contributed by atoms with Gasteiger partial charge in [0.15, 0.2) is 0 Å². The van der Waals surface area contributed by atoms with E-state index in [1.54, 1.807) is 14.2 Å². The molecule has 1 saturated carbocycles. The summed E-state index contributed by atoms with van der Waals surface area (Å²) in [7, 11) is -0.0335. The second kappa shape index (κ2) is 5.83. The van der Waals surface area contributed by atoms with Crippen molar-refractivity contribution in [2.45, 2.75) is 31.1 Å². The Kier molecular flexibility index (Phi) is 4.60. The number of sulfonamides is 1. The van der Waals surface area contributed by atoms with Crippen molar-refractivity contribution in [1.82, 2.24) is 9.62 Å². The number of hydrogen-bond donors (Lipinski definition) is 1. The summed E-state index contributed by atoms with van der Waals surface area (Å²) in [5, 5.41) is 3.22. The summed E-state index contributed by atoms with van der Waals surface area (Å²) in [6.07, 6.45) is 2.00. The van der Waals surface area contributed by atoms with Crippen LogP contribution in [0.3, 0.4) is 0 Å². The number of methoxy groups -OCH3 is 2. The van der Waals surface area contributed by atoms with Crippen LogP contribution in [0.5, 0.6) is 0 Å². The smallest absolute Gasteiger partial charge is 0.215 e. The summed E-state index contributed by atoms with van der Waals surface area (Å²) in [5.41, 5.74) is 0. The number of ether oxygens (including phenoxy) is 2. The van der Waals surface area contributed by atoms with Crippen LogP contribution in [0.1, 0.15) is 12.8 Å². The molecule has 0 bridgehead atoms. The van der Waals surface area contributed by atoms with Gasteiger partial charge < -0.3 is 14.8 Å². The van der Waals surface area contributed by atoms with Gasteiger partial charge >= 0.3 is 0 Å². The van der Waals surface area contributed by atoms with Crippen molar-refractivity contribution in [3.63, 3.8) is 0 Å². The molecule has 106 valence electrons. The number of nitrogens with one attached hydrogen (secondary N) is 1. The van der Waals surface area contributed by atoms with Crippen LogP contribution in [0.25, 0.3) is 0 Å². The Morgan fingerprint density at radius 3 is 2.17 bits per heavy atom. The molecule has 1 N–H and O–H groups in total. The molecule has 7 heteroatoms. The highest BCUT2D eigenvalue weighted by Crippen LogP contribution is 2.20. The first-order chi connectivity index (χ1) is 8.56. The van der Waals surface area contributed by atoms with E-state index in [0.717, 1.165) is 0 Å². The molecule has 1 heterocycles. The second-order valence-corrected chi connectivity index (χ2v) is 7.00. The third-order valence-corrected chi connectivity index (χ3v) is 5.36. The van der Waals surface area contributed by atoms with Gasteiger partial charge in [-0.15, -0.1) is 0 Å². The summed E-state index contributed by atoms with van der Waals surface area (Å²) < 4.78 is 36.2. The van der Waals surface area contributed by atoms with Crippen molar-refractivity contribution in [1.29, 1.82) is 0 Å². The minimum Gasteiger partial charge on any atom is -0.377 e. The number of hydrogen-bond acceptors (Lipinski definition) is 5. The molecule has 2 atom stereocenters. The monoisotopic (exact) mass is 278 g/mol. The SMILES string of the molecule is COC1CN(S(=O)(=O)CCNC2CC2)CC1OC. The van der Waals surface area contributed by atoms with Crippen molar-refractivity contribution in [3.05, 3.63) is 0 Å². The first-order valence-electron chi connectivity index (χ1n) is 6.33. The lowest BCUT2D eigenvalue weighted by molar-refractivity contribution is -0.00461. The summed E-state index contributed by atoms with van der Waals surface area (Å²) in [4.78, 5) is 0. The lowest BCUT2D eigenvalue weighted by atomic mass is 10.3. The van der Waals surface area contributed by atoms with Crippen LogP contribution < -0.4 is 5.32 Å². The van der Waals surface area contributed by atoms with Crippen LogP contribution in [0.4, 0.5) is 0 Å². The van der Waals surface area contributed by atoms with E-state index >= 15 is 0 Å². The predicted molar refractivity (Wildman–Crippen MR) is 68.0 cm³/mol. The average molecular weight is 278 g/mol. The zero-order chi connectivity index (χ0) is 13.2. The normalized spacial score (nSPS) is 29.9. The van der Waals surface area contributed by atoms with Gasteiger partial charge in [-0.05, 0) is 12.8 Å². The maximum Gasteiger partial charge on any atom is 0.215 e. The van der Waals surface area contributed by atoms with Crippen molar-refractivity contribution in [2.75, 3.05) is 39.6 Å². The van der Waals surface area contributed by atoms with Crippen molar-refractivity contribution in [2.24, 2.45) is 0 Å². The quantitative estimate of drug-likeness (QED) is 0.674. The molecule has 2 aliphatic rings. The number of nitrogens with zero attached hydrogens (tertiary/aromatic N) is 1. The Labute approximate surface area is 109 Å². The van der Waals surface area contributed by atoms with Gasteiger partial charge in [0.05, 0.1) is 18.0 Å². The molecule has 18 heavy (non-hydrogen) atoms.